The number of amides is 1. The number of nitrogens with zero attached hydrogens (tertiary/aromatic N) is 1. The van der Waals surface area contributed by atoms with E-state index in [4.69, 9.17) is 9.47 Å². The predicted molar refractivity (Wildman–Crippen MR) is 73.0 cm³/mol. The third kappa shape index (κ3) is 2.93. The molecule has 0 saturated carbocycles. The number of carbonyl (C=O) groups excluding carboxylic acids is 1. The molecule has 0 unspecified atom stereocenters. The molecule has 1 amide bonds. The van der Waals surface area contributed by atoms with Crippen LogP contribution in [0.15, 0.2) is 18.2 Å². The van der Waals surface area contributed by atoms with E-state index in [1.165, 1.54) is 17.0 Å². The summed E-state index contributed by atoms with van der Waals surface area (Å²) in [6.07, 6.45) is 0.0983. The summed E-state index contributed by atoms with van der Waals surface area (Å²) >= 11 is 0. The fourth-order valence-electron chi connectivity index (χ4n) is 2.47. The third-order valence-electron chi connectivity index (χ3n) is 3.71. The van der Waals surface area contributed by atoms with Crippen molar-refractivity contribution >= 4 is 11.8 Å². The van der Waals surface area contributed by atoms with Gasteiger partial charge < -0.3 is 19.9 Å². The normalized spacial score (nSPS) is 25.2. The van der Waals surface area contributed by atoms with Crippen LogP contribution >= 0.6 is 0 Å². The van der Waals surface area contributed by atoms with Crippen molar-refractivity contribution in [3.63, 3.8) is 0 Å². The third-order valence-corrected chi connectivity index (χ3v) is 3.71. The van der Waals surface area contributed by atoms with Gasteiger partial charge >= 0.3 is 6.09 Å². The summed E-state index contributed by atoms with van der Waals surface area (Å²) < 4.78 is 24.2. The Labute approximate surface area is 121 Å². The lowest BCUT2D eigenvalue weighted by atomic mass is 10.1. The Kier molecular flexibility index (Phi) is 3.69. The Bertz CT molecular complexity index is 546. The molecule has 1 aromatic carbocycles. The number of cyclic esters (lactones) is 1. The quantitative estimate of drug-likeness (QED) is 0.863. The summed E-state index contributed by atoms with van der Waals surface area (Å²) in [6.45, 7) is 1.90. The zero-order valence-corrected chi connectivity index (χ0v) is 11.5. The topological polar surface area (TPSA) is 71.0 Å². The highest BCUT2D eigenvalue weighted by molar-refractivity contribution is 5.89. The second-order valence-electron chi connectivity index (χ2n) is 5.32. The zero-order valence-electron chi connectivity index (χ0n) is 11.5. The SMILES string of the molecule is O=C1OCCN1c1ccc(OC[C@]2(O)CCNC2)c(F)c1. The van der Waals surface area contributed by atoms with Gasteiger partial charge in [-0.05, 0) is 25.1 Å². The van der Waals surface area contributed by atoms with Gasteiger partial charge in [-0.15, -0.1) is 0 Å². The largest absolute Gasteiger partial charge is 0.487 e. The van der Waals surface area contributed by atoms with Crippen molar-refractivity contribution in [2.45, 2.75) is 12.0 Å². The van der Waals surface area contributed by atoms with E-state index >= 15 is 0 Å². The van der Waals surface area contributed by atoms with Crippen LogP contribution in [-0.2, 0) is 4.74 Å². The summed E-state index contributed by atoms with van der Waals surface area (Å²) in [6, 6.07) is 4.29. The molecule has 0 radical (unpaired) electrons. The lowest BCUT2D eigenvalue weighted by Gasteiger charge is -2.22. The number of rotatable bonds is 4. The smallest absolute Gasteiger partial charge is 0.414 e. The molecule has 6 nitrogen and oxygen atoms in total. The average Bonchev–Trinajstić information content (AvgIpc) is 3.07. The van der Waals surface area contributed by atoms with E-state index in [9.17, 15) is 14.3 Å². The van der Waals surface area contributed by atoms with E-state index in [1.54, 1.807) is 6.07 Å². The van der Waals surface area contributed by atoms with Crippen molar-refractivity contribution in [3.8, 4) is 5.75 Å². The van der Waals surface area contributed by atoms with Gasteiger partial charge in [-0.3, -0.25) is 4.90 Å². The molecule has 2 fully saturated rings. The highest BCUT2D eigenvalue weighted by Crippen LogP contribution is 2.27. The standard InChI is InChI=1S/C14H17FN2O4/c15-11-7-10(17-5-6-20-13(17)18)1-2-12(11)21-9-14(19)3-4-16-8-14/h1-2,7,16,19H,3-6,8-9H2/t14-/m0/s1. The molecule has 0 spiro atoms. The maximum Gasteiger partial charge on any atom is 0.414 e. The van der Waals surface area contributed by atoms with Crippen molar-refractivity contribution < 1.29 is 23.8 Å². The fourth-order valence-corrected chi connectivity index (χ4v) is 2.47. The van der Waals surface area contributed by atoms with Crippen LogP contribution in [0.25, 0.3) is 0 Å². The Morgan fingerprint density at radius 1 is 1.52 bits per heavy atom. The summed E-state index contributed by atoms with van der Waals surface area (Å²) in [5.74, 6) is -0.506. The molecular formula is C14H17FN2O4. The molecule has 1 aromatic rings. The van der Waals surface area contributed by atoms with Crippen LogP contribution in [-0.4, -0.2) is 49.6 Å². The molecule has 0 aliphatic carbocycles. The number of carbonyl (C=O) groups is 1. The molecule has 3 rings (SSSR count). The molecular weight excluding hydrogens is 279 g/mol. The molecule has 114 valence electrons. The average molecular weight is 296 g/mol. The van der Waals surface area contributed by atoms with Crippen LogP contribution in [0, 0.1) is 5.82 Å². The molecule has 7 heteroatoms. The first-order valence-corrected chi connectivity index (χ1v) is 6.87. The second-order valence-corrected chi connectivity index (χ2v) is 5.32. The number of benzene rings is 1. The van der Waals surface area contributed by atoms with E-state index in [0.717, 1.165) is 6.54 Å². The number of ether oxygens (including phenoxy) is 2. The maximum atomic E-state index is 14.0. The maximum absolute atomic E-state index is 14.0. The number of hydrogen-bond donors (Lipinski definition) is 2. The molecule has 2 N–H and O–H groups in total. The summed E-state index contributed by atoms with van der Waals surface area (Å²) in [4.78, 5) is 12.8. The van der Waals surface area contributed by atoms with E-state index in [-0.39, 0.29) is 12.4 Å². The van der Waals surface area contributed by atoms with Crippen LogP contribution in [0.2, 0.25) is 0 Å². The van der Waals surface area contributed by atoms with Crippen LogP contribution in [0.1, 0.15) is 6.42 Å². The molecule has 2 saturated heterocycles. The van der Waals surface area contributed by atoms with Gasteiger partial charge in [-0.25, -0.2) is 9.18 Å². The van der Waals surface area contributed by atoms with Gasteiger partial charge in [0.1, 0.15) is 18.8 Å². The summed E-state index contributed by atoms with van der Waals surface area (Å²) in [7, 11) is 0. The molecule has 2 aliphatic rings. The van der Waals surface area contributed by atoms with Gasteiger partial charge in [-0.2, -0.15) is 0 Å². The van der Waals surface area contributed by atoms with Crippen molar-refractivity contribution in [2.24, 2.45) is 0 Å². The Morgan fingerprint density at radius 3 is 3.00 bits per heavy atom. The Hall–Kier alpha value is -1.86. The van der Waals surface area contributed by atoms with E-state index in [0.29, 0.717) is 31.8 Å². The Balaban J connectivity index is 1.68. The van der Waals surface area contributed by atoms with E-state index in [1.807, 2.05) is 0 Å². The first-order chi connectivity index (χ1) is 10.1. The minimum Gasteiger partial charge on any atom is -0.487 e. The van der Waals surface area contributed by atoms with Crippen molar-refractivity contribution in [1.82, 2.24) is 5.32 Å². The zero-order chi connectivity index (χ0) is 14.9. The summed E-state index contributed by atoms with van der Waals surface area (Å²) in [5, 5.41) is 13.2. The van der Waals surface area contributed by atoms with Gasteiger partial charge in [-0.1, -0.05) is 0 Å². The minimum atomic E-state index is -0.954. The lowest BCUT2D eigenvalue weighted by Crippen LogP contribution is -2.38. The van der Waals surface area contributed by atoms with Crippen molar-refractivity contribution in [1.29, 1.82) is 0 Å². The molecule has 2 aliphatic heterocycles. The fraction of sp³-hybridized carbons (Fsp3) is 0.500. The lowest BCUT2D eigenvalue weighted by molar-refractivity contribution is 0.0118. The number of β-amino-alcohol motifs (C(OH)–C–C–N with tert-alkyl or cyclic N) is 1. The molecule has 21 heavy (non-hydrogen) atoms. The van der Waals surface area contributed by atoms with E-state index < -0.39 is 17.5 Å². The highest BCUT2D eigenvalue weighted by Gasteiger charge is 2.32. The van der Waals surface area contributed by atoms with Crippen LogP contribution in [0.3, 0.4) is 0 Å². The van der Waals surface area contributed by atoms with Gasteiger partial charge in [0, 0.05) is 12.6 Å². The van der Waals surface area contributed by atoms with Crippen LogP contribution in [0.5, 0.6) is 5.75 Å². The predicted octanol–water partition coefficient (Wildman–Crippen LogP) is 0.885. The van der Waals surface area contributed by atoms with Gasteiger partial charge in [0.2, 0.25) is 0 Å². The number of nitrogens with one attached hydrogen (secondary N) is 1. The van der Waals surface area contributed by atoms with Crippen molar-refractivity contribution in [2.75, 3.05) is 37.7 Å². The van der Waals surface area contributed by atoms with Gasteiger partial charge in [0.05, 0.1) is 12.2 Å². The molecule has 0 bridgehead atoms. The van der Waals surface area contributed by atoms with Crippen LogP contribution < -0.4 is 15.0 Å². The van der Waals surface area contributed by atoms with Gasteiger partial charge in [0.25, 0.3) is 0 Å². The molecule has 0 aromatic heterocycles. The number of hydrogen-bond acceptors (Lipinski definition) is 5. The van der Waals surface area contributed by atoms with Crippen molar-refractivity contribution in [3.05, 3.63) is 24.0 Å². The molecule has 2 heterocycles. The van der Waals surface area contributed by atoms with Gasteiger partial charge in [0.15, 0.2) is 11.6 Å². The Morgan fingerprint density at radius 2 is 2.38 bits per heavy atom. The number of halogens is 1. The minimum absolute atomic E-state index is 0.0298. The van der Waals surface area contributed by atoms with E-state index in [2.05, 4.69) is 5.32 Å². The number of anilines is 1. The first kappa shape index (κ1) is 14.1. The molecule has 1 atom stereocenters. The monoisotopic (exact) mass is 296 g/mol. The van der Waals surface area contributed by atoms with Crippen LogP contribution in [0.4, 0.5) is 14.9 Å². The number of aliphatic hydroxyl groups is 1. The first-order valence-electron chi connectivity index (χ1n) is 6.87. The second kappa shape index (κ2) is 5.50. The highest BCUT2D eigenvalue weighted by atomic mass is 19.1. The summed E-state index contributed by atoms with van der Waals surface area (Å²) in [5.41, 5.74) is -0.521.